The predicted molar refractivity (Wildman–Crippen MR) is 69.4 cm³/mol. The van der Waals surface area contributed by atoms with E-state index in [0.717, 1.165) is 19.5 Å². The molecule has 0 unspecified atom stereocenters. The minimum atomic E-state index is -2.77. The quantitative estimate of drug-likeness (QED) is 0.600. The van der Waals surface area contributed by atoms with E-state index in [1.807, 2.05) is 11.8 Å². The van der Waals surface area contributed by atoms with Crippen molar-refractivity contribution in [3.8, 4) is 0 Å². The van der Waals surface area contributed by atoms with Gasteiger partial charge >= 0.3 is 0 Å². The van der Waals surface area contributed by atoms with Gasteiger partial charge < -0.3 is 5.32 Å². The third kappa shape index (κ3) is 14.3. The maximum atomic E-state index is 10.8. The Morgan fingerprint density at radius 2 is 1.73 bits per heavy atom. The second-order valence-corrected chi connectivity index (χ2v) is 7.03. The molecule has 15 heavy (non-hydrogen) atoms. The number of hydrogen-bond donors (Lipinski definition) is 1. The van der Waals surface area contributed by atoms with E-state index in [1.165, 1.54) is 31.3 Å². The van der Waals surface area contributed by atoms with Gasteiger partial charge in [-0.05, 0) is 44.4 Å². The molecule has 0 bridgehead atoms. The summed E-state index contributed by atoms with van der Waals surface area (Å²) in [5.41, 5.74) is 0. The number of sulfone groups is 1. The van der Waals surface area contributed by atoms with Crippen molar-refractivity contribution in [2.75, 3.05) is 37.1 Å². The fraction of sp³-hybridized carbons (Fsp3) is 1.00. The topological polar surface area (TPSA) is 46.2 Å². The maximum absolute atomic E-state index is 10.8. The smallest absolute Gasteiger partial charge is 0.147 e. The molecule has 0 aromatic rings. The number of rotatable bonds is 10. The van der Waals surface area contributed by atoms with Crippen LogP contribution in [-0.2, 0) is 9.84 Å². The van der Waals surface area contributed by atoms with Crippen molar-refractivity contribution >= 4 is 21.6 Å². The van der Waals surface area contributed by atoms with E-state index in [4.69, 9.17) is 0 Å². The van der Waals surface area contributed by atoms with E-state index >= 15 is 0 Å². The highest BCUT2D eigenvalue weighted by Gasteiger charge is 2.00. The predicted octanol–water partition coefficient (Wildman–Crippen LogP) is 1.54. The first kappa shape index (κ1) is 15.3. The molecular formula is C10H23NO2S2. The maximum Gasteiger partial charge on any atom is 0.147 e. The molecule has 0 aromatic carbocycles. The molecule has 0 amide bonds. The van der Waals surface area contributed by atoms with Gasteiger partial charge in [-0.15, -0.1) is 0 Å². The van der Waals surface area contributed by atoms with Gasteiger partial charge in [0.2, 0.25) is 0 Å². The summed E-state index contributed by atoms with van der Waals surface area (Å²) in [6.07, 6.45) is 7.88. The molecule has 0 fully saturated rings. The lowest BCUT2D eigenvalue weighted by Gasteiger charge is -2.03. The van der Waals surface area contributed by atoms with Gasteiger partial charge in [0.15, 0.2) is 0 Å². The Kier molecular flexibility index (Phi) is 9.65. The van der Waals surface area contributed by atoms with E-state index < -0.39 is 9.84 Å². The number of thioether (sulfide) groups is 1. The van der Waals surface area contributed by atoms with Gasteiger partial charge in [0, 0.05) is 6.26 Å². The van der Waals surface area contributed by atoms with E-state index in [1.54, 1.807) is 0 Å². The molecule has 0 rings (SSSR count). The van der Waals surface area contributed by atoms with Crippen molar-refractivity contribution in [3.63, 3.8) is 0 Å². The largest absolute Gasteiger partial charge is 0.317 e. The van der Waals surface area contributed by atoms with Gasteiger partial charge in [-0.25, -0.2) is 8.42 Å². The average molecular weight is 253 g/mol. The molecule has 0 saturated heterocycles. The number of hydrogen-bond acceptors (Lipinski definition) is 4. The van der Waals surface area contributed by atoms with Crippen LogP contribution in [0.3, 0.4) is 0 Å². The van der Waals surface area contributed by atoms with Crippen LogP contribution in [0, 0.1) is 0 Å². The molecule has 0 atom stereocenters. The highest BCUT2D eigenvalue weighted by molar-refractivity contribution is 7.98. The Morgan fingerprint density at radius 3 is 2.33 bits per heavy atom. The Balaban J connectivity index is 3.06. The zero-order chi connectivity index (χ0) is 11.6. The molecule has 0 radical (unpaired) electrons. The fourth-order valence-corrected chi connectivity index (χ4v) is 2.42. The second-order valence-electron chi connectivity index (χ2n) is 3.79. The van der Waals surface area contributed by atoms with Crippen molar-refractivity contribution < 1.29 is 8.42 Å². The Labute approximate surface area is 98.3 Å². The summed E-state index contributed by atoms with van der Waals surface area (Å²) in [5, 5.41) is 3.26. The molecule has 0 saturated carbocycles. The van der Waals surface area contributed by atoms with Crippen molar-refractivity contribution in [1.29, 1.82) is 0 Å². The zero-order valence-corrected chi connectivity index (χ0v) is 11.4. The Hall–Kier alpha value is 0.260. The summed E-state index contributed by atoms with van der Waals surface area (Å²) in [6, 6.07) is 0. The summed E-state index contributed by atoms with van der Waals surface area (Å²) < 4.78 is 21.6. The first-order valence-corrected chi connectivity index (χ1v) is 8.89. The summed E-state index contributed by atoms with van der Waals surface area (Å²) in [7, 11) is -2.77. The second kappa shape index (κ2) is 9.48. The van der Waals surface area contributed by atoms with E-state index in [9.17, 15) is 8.42 Å². The summed E-state index contributed by atoms with van der Waals surface area (Å²) in [5.74, 6) is 1.54. The lowest BCUT2D eigenvalue weighted by Crippen LogP contribution is -2.19. The van der Waals surface area contributed by atoms with Crippen molar-refractivity contribution in [3.05, 3.63) is 0 Å². The highest BCUT2D eigenvalue weighted by atomic mass is 32.2. The molecule has 92 valence electrons. The van der Waals surface area contributed by atoms with Crippen molar-refractivity contribution in [1.82, 2.24) is 5.32 Å². The van der Waals surface area contributed by atoms with Crippen LogP contribution in [-0.4, -0.2) is 45.5 Å². The zero-order valence-electron chi connectivity index (χ0n) is 9.79. The SMILES string of the molecule is CSCCCCCNCCCS(C)(=O)=O. The first-order chi connectivity index (χ1) is 7.06. The molecular weight excluding hydrogens is 230 g/mol. The molecule has 0 aliphatic carbocycles. The minimum absolute atomic E-state index is 0.298. The monoisotopic (exact) mass is 253 g/mol. The van der Waals surface area contributed by atoms with Gasteiger partial charge in [-0.1, -0.05) is 6.42 Å². The normalized spacial score (nSPS) is 11.9. The molecule has 0 aliphatic rings. The third-order valence-corrected chi connectivity index (χ3v) is 3.80. The van der Waals surface area contributed by atoms with Crippen LogP contribution in [0.5, 0.6) is 0 Å². The number of nitrogens with one attached hydrogen (secondary N) is 1. The van der Waals surface area contributed by atoms with Crippen LogP contribution in [0.2, 0.25) is 0 Å². The van der Waals surface area contributed by atoms with Crippen molar-refractivity contribution in [2.24, 2.45) is 0 Å². The standard InChI is InChI=1S/C10H23NO2S2/c1-14-9-5-3-4-7-11-8-6-10-15(2,12)13/h11H,3-10H2,1-2H3. The van der Waals surface area contributed by atoms with Gasteiger partial charge in [0.05, 0.1) is 5.75 Å². The molecule has 0 aliphatic heterocycles. The van der Waals surface area contributed by atoms with Gasteiger partial charge in [0.25, 0.3) is 0 Å². The van der Waals surface area contributed by atoms with Crippen LogP contribution in [0.1, 0.15) is 25.7 Å². The van der Waals surface area contributed by atoms with Gasteiger partial charge in [0.1, 0.15) is 9.84 Å². The minimum Gasteiger partial charge on any atom is -0.317 e. The highest BCUT2D eigenvalue weighted by Crippen LogP contribution is 2.01. The molecule has 3 nitrogen and oxygen atoms in total. The Morgan fingerprint density at radius 1 is 1.07 bits per heavy atom. The lowest BCUT2D eigenvalue weighted by atomic mass is 10.2. The molecule has 0 aromatic heterocycles. The van der Waals surface area contributed by atoms with Crippen LogP contribution in [0.25, 0.3) is 0 Å². The molecule has 1 N–H and O–H groups in total. The third-order valence-electron chi connectivity index (χ3n) is 2.07. The van der Waals surface area contributed by atoms with Gasteiger partial charge in [-0.3, -0.25) is 0 Å². The van der Waals surface area contributed by atoms with Crippen LogP contribution < -0.4 is 5.32 Å². The lowest BCUT2D eigenvalue weighted by molar-refractivity contribution is 0.587. The summed E-state index contributed by atoms with van der Waals surface area (Å²) >= 11 is 1.89. The Bertz CT molecular complexity index is 228. The van der Waals surface area contributed by atoms with Crippen LogP contribution in [0.4, 0.5) is 0 Å². The fourth-order valence-electron chi connectivity index (χ4n) is 1.26. The van der Waals surface area contributed by atoms with E-state index in [-0.39, 0.29) is 0 Å². The van der Waals surface area contributed by atoms with Crippen molar-refractivity contribution in [2.45, 2.75) is 25.7 Å². The molecule has 0 spiro atoms. The molecule has 5 heteroatoms. The van der Waals surface area contributed by atoms with Gasteiger partial charge in [-0.2, -0.15) is 11.8 Å². The van der Waals surface area contributed by atoms with Crippen LogP contribution >= 0.6 is 11.8 Å². The summed E-state index contributed by atoms with van der Waals surface area (Å²) in [4.78, 5) is 0. The first-order valence-electron chi connectivity index (χ1n) is 5.43. The van der Waals surface area contributed by atoms with E-state index in [2.05, 4.69) is 11.6 Å². The van der Waals surface area contributed by atoms with E-state index in [0.29, 0.717) is 5.75 Å². The molecule has 0 heterocycles. The van der Waals surface area contributed by atoms with Crippen LogP contribution in [0.15, 0.2) is 0 Å². The average Bonchev–Trinajstić information content (AvgIpc) is 2.14. The number of unbranched alkanes of at least 4 members (excludes halogenated alkanes) is 2. The summed E-state index contributed by atoms with van der Waals surface area (Å²) in [6.45, 7) is 1.83.